The number of amides is 1. The van der Waals surface area contributed by atoms with E-state index in [1.165, 1.54) is 19.3 Å². The molecule has 0 aliphatic carbocycles. The molecule has 3 nitrogen and oxygen atoms in total. The number of likely N-dealkylation sites (tertiary alicyclic amines) is 1. The van der Waals surface area contributed by atoms with Gasteiger partial charge in [0.1, 0.15) is 0 Å². The fourth-order valence-corrected chi connectivity index (χ4v) is 3.34. The highest BCUT2D eigenvalue weighted by Gasteiger charge is 2.25. The summed E-state index contributed by atoms with van der Waals surface area (Å²) in [7, 11) is 0. The van der Waals surface area contributed by atoms with Gasteiger partial charge in [0.05, 0.1) is 6.54 Å². The maximum absolute atomic E-state index is 12.0. The van der Waals surface area contributed by atoms with Crippen molar-refractivity contribution in [3.63, 3.8) is 0 Å². The third kappa shape index (κ3) is 4.47. The number of thioether (sulfide) groups is 1. The van der Waals surface area contributed by atoms with Crippen molar-refractivity contribution < 1.29 is 4.79 Å². The van der Waals surface area contributed by atoms with Crippen molar-refractivity contribution >= 4 is 17.7 Å². The Morgan fingerprint density at radius 1 is 1.22 bits per heavy atom. The fourth-order valence-electron chi connectivity index (χ4n) is 2.51. The van der Waals surface area contributed by atoms with E-state index >= 15 is 0 Å². The minimum atomic E-state index is 0.275. The van der Waals surface area contributed by atoms with Gasteiger partial charge in [-0.2, -0.15) is 11.8 Å². The van der Waals surface area contributed by atoms with Crippen LogP contribution in [0.2, 0.25) is 0 Å². The van der Waals surface area contributed by atoms with E-state index < -0.39 is 0 Å². The fraction of sp³-hybridized carbons (Fsp3) is 0.929. The lowest BCUT2D eigenvalue weighted by molar-refractivity contribution is -0.131. The summed E-state index contributed by atoms with van der Waals surface area (Å²) in [6, 6.07) is 0. The summed E-state index contributed by atoms with van der Waals surface area (Å²) in [4.78, 5) is 14.0. The molecule has 106 valence electrons. The van der Waals surface area contributed by atoms with Crippen molar-refractivity contribution in [3.05, 3.63) is 0 Å². The van der Waals surface area contributed by atoms with Crippen molar-refractivity contribution in [2.75, 3.05) is 32.4 Å². The van der Waals surface area contributed by atoms with Crippen LogP contribution >= 0.6 is 11.8 Å². The molecule has 1 amide bonds. The lowest BCUT2D eigenvalue weighted by Crippen LogP contribution is -2.44. The van der Waals surface area contributed by atoms with Crippen LogP contribution in [-0.2, 0) is 4.79 Å². The van der Waals surface area contributed by atoms with E-state index in [9.17, 15) is 4.79 Å². The van der Waals surface area contributed by atoms with Gasteiger partial charge < -0.3 is 10.2 Å². The summed E-state index contributed by atoms with van der Waals surface area (Å²) in [5.41, 5.74) is 0. The Morgan fingerprint density at radius 2 is 1.83 bits per heavy atom. The summed E-state index contributed by atoms with van der Waals surface area (Å²) in [5.74, 6) is 0.275. The maximum atomic E-state index is 12.0. The van der Waals surface area contributed by atoms with E-state index in [2.05, 4.69) is 25.4 Å². The Hall–Kier alpha value is -0.220. The second-order valence-electron chi connectivity index (χ2n) is 5.14. The highest BCUT2D eigenvalue weighted by molar-refractivity contribution is 8.00. The molecular formula is C14H28N2OS. The molecule has 1 heterocycles. The van der Waals surface area contributed by atoms with Crippen LogP contribution < -0.4 is 5.32 Å². The molecule has 0 aromatic carbocycles. The molecule has 0 unspecified atom stereocenters. The lowest BCUT2D eigenvalue weighted by atomic mass is 10.0. The summed E-state index contributed by atoms with van der Waals surface area (Å²) >= 11 is 1.92. The van der Waals surface area contributed by atoms with E-state index in [1.807, 2.05) is 16.7 Å². The first-order valence-corrected chi connectivity index (χ1v) is 8.43. The summed E-state index contributed by atoms with van der Waals surface area (Å²) in [6.45, 7) is 7.80. The number of hydrogen-bond donors (Lipinski definition) is 1. The Balaban J connectivity index is 2.29. The molecule has 0 saturated carbocycles. The maximum Gasteiger partial charge on any atom is 0.236 e. The topological polar surface area (TPSA) is 32.3 Å². The highest BCUT2D eigenvalue weighted by Crippen LogP contribution is 2.29. The number of hydrogen-bond acceptors (Lipinski definition) is 3. The van der Waals surface area contributed by atoms with Crippen LogP contribution in [-0.4, -0.2) is 48.0 Å². The van der Waals surface area contributed by atoms with Gasteiger partial charge >= 0.3 is 0 Å². The lowest BCUT2D eigenvalue weighted by Gasteiger charge is -2.31. The van der Waals surface area contributed by atoms with E-state index in [0.717, 1.165) is 32.5 Å². The van der Waals surface area contributed by atoms with Crippen molar-refractivity contribution in [1.82, 2.24) is 10.2 Å². The zero-order valence-corrected chi connectivity index (χ0v) is 12.9. The largest absolute Gasteiger partial charge is 0.342 e. The molecule has 0 aromatic heterocycles. The molecule has 18 heavy (non-hydrogen) atoms. The zero-order chi connectivity index (χ0) is 13.4. The molecule has 1 aliphatic heterocycles. The number of carbonyl (C=O) groups is 1. The number of nitrogens with zero attached hydrogens (tertiary/aromatic N) is 1. The number of nitrogens with one attached hydrogen (secondary N) is 1. The first-order chi connectivity index (χ1) is 8.67. The molecule has 1 aliphatic rings. The van der Waals surface area contributed by atoms with Crippen LogP contribution in [0.5, 0.6) is 0 Å². The van der Waals surface area contributed by atoms with Gasteiger partial charge in [-0.25, -0.2) is 0 Å². The predicted molar refractivity (Wildman–Crippen MR) is 80.1 cm³/mol. The smallest absolute Gasteiger partial charge is 0.236 e. The van der Waals surface area contributed by atoms with E-state index in [4.69, 9.17) is 0 Å². The molecule has 1 N–H and O–H groups in total. The molecule has 0 atom stereocenters. The van der Waals surface area contributed by atoms with Crippen LogP contribution in [0.3, 0.4) is 0 Å². The van der Waals surface area contributed by atoms with Crippen LogP contribution in [0, 0.1) is 0 Å². The van der Waals surface area contributed by atoms with Crippen LogP contribution in [0.4, 0.5) is 0 Å². The molecule has 4 heteroatoms. The van der Waals surface area contributed by atoms with Gasteiger partial charge in [0.15, 0.2) is 0 Å². The third-order valence-electron chi connectivity index (χ3n) is 4.15. The number of carbonyl (C=O) groups excluding carboxylic acids is 1. The normalized spacial score (nSPS) is 16.9. The minimum Gasteiger partial charge on any atom is -0.342 e. The monoisotopic (exact) mass is 272 g/mol. The Kier molecular flexibility index (Phi) is 7.08. The van der Waals surface area contributed by atoms with Gasteiger partial charge in [0, 0.05) is 24.4 Å². The molecule has 0 spiro atoms. The predicted octanol–water partition coefficient (Wildman–Crippen LogP) is 2.51. The summed E-state index contributed by atoms with van der Waals surface area (Å²) in [5, 5.41) is 3.36. The van der Waals surface area contributed by atoms with Gasteiger partial charge in [-0.3, -0.25) is 4.79 Å². The van der Waals surface area contributed by atoms with Gasteiger partial charge in [-0.1, -0.05) is 13.8 Å². The quantitative estimate of drug-likeness (QED) is 0.773. The minimum absolute atomic E-state index is 0.275. The first kappa shape index (κ1) is 15.8. The van der Waals surface area contributed by atoms with Gasteiger partial charge in [-0.15, -0.1) is 0 Å². The molecule has 0 bridgehead atoms. The average molecular weight is 272 g/mol. The van der Waals surface area contributed by atoms with Crippen LogP contribution in [0.15, 0.2) is 0 Å². The van der Waals surface area contributed by atoms with Crippen molar-refractivity contribution in [1.29, 1.82) is 0 Å². The zero-order valence-electron chi connectivity index (χ0n) is 12.1. The second kappa shape index (κ2) is 8.05. The number of rotatable bonds is 7. The Morgan fingerprint density at radius 3 is 2.33 bits per heavy atom. The SMILES string of the molecule is CCC(CC)(CNCC(=O)N1CCCCC1)SC. The van der Waals surface area contributed by atoms with Crippen molar-refractivity contribution in [2.24, 2.45) is 0 Å². The molecule has 1 saturated heterocycles. The highest BCUT2D eigenvalue weighted by atomic mass is 32.2. The van der Waals surface area contributed by atoms with Crippen LogP contribution in [0.25, 0.3) is 0 Å². The van der Waals surface area contributed by atoms with E-state index in [0.29, 0.717) is 11.3 Å². The molecule has 0 radical (unpaired) electrons. The first-order valence-electron chi connectivity index (χ1n) is 7.21. The molecule has 1 fully saturated rings. The van der Waals surface area contributed by atoms with Crippen LogP contribution in [0.1, 0.15) is 46.0 Å². The van der Waals surface area contributed by atoms with Crippen molar-refractivity contribution in [2.45, 2.75) is 50.7 Å². The van der Waals surface area contributed by atoms with Gasteiger partial charge in [0.2, 0.25) is 5.91 Å². The summed E-state index contributed by atoms with van der Waals surface area (Å²) < 4.78 is 0.294. The standard InChI is InChI=1S/C14H28N2OS/c1-4-14(5-2,18-3)12-15-11-13(17)16-9-7-6-8-10-16/h15H,4-12H2,1-3H3. The van der Waals surface area contributed by atoms with Gasteiger partial charge in [0.25, 0.3) is 0 Å². The number of piperidine rings is 1. The Bertz CT molecular complexity index is 240. The van der Waals surface area contributed by atoms with Crippen molar-refractivity contribution in [3.8, 4) is 0 Å². The van der Waals surface area contributed by atoms with Gasteiger partial charge in [-0.05, 0) is 38.4 Å². The average Bonchev–Trinajstić information content (AvgIpc) is 2.45. The van der Waals surface area contributed by atoms with E-state index in [1.54, 1.807) is 0 Å². The summed E-state index contributed by atoms with van der Waals surface area (Å²) in [6.07, 6.45) is 8.08. The Labute approximate surface area is 116 Å². The molecule has 1 rings (SSSR count). The molecule has 0 aromatic rings. The third-order valence-corrected chi connectivity index (χ3v) is 5.74. The second-order valence-corrected chi connectivity index (χ2v) is 6.41. The molecular weight excluding hydrogens is 244 g/mol. The van der Waals surface area contributed by atoms with E-state index in [-0.39, 0.29) is 5.91 Å².